The number of unbranched alkanes of at least 4 members (excludes halogenated alkanes) is 3. The molecule has 0 unspecified atom stereocenters. The van der Waals surface area contributed by atoms with Gasteiger partial charge in [0.15, 0.2) is 0 Å². The van der Waals surface area contributed by atoms with Gasteiger partial charge in [0, 0.05) is 13.2 Å². The second-order valence-corrected chi connectivity index (χ2v) is 5.51. The van der Waals surface area contributed by atoms with Crippen molar-refractivity contribution in [1.82, 2.24) is 10.2 Å². The van der Waals surface area contributed by atoms with Crippen molar-refractivity contribution >= 4 is 0 Å². The molecule has 0 aliphatic carbocycles. The summed E-state index contributed by atoms with van der Waals surface area (Å²) in [4.78, 5) is 2.37. The van der Waals surface area contributed by atoms with Crippen LogP contribution in [-0.2, 0) is 4.74 Å². The zero-order valence-electron chi connectivity index (χ0n) is 13.0. The van der Waals surface area contributed by atoms with Gasteiger partial charge in [0.1, 0.15) is 0 Å². The lowest BCUT2D eigenvalue weighted by Gasteiger charge is -2.16. The van der Waals surface area contributed by atoms with Crippen molar-refractivity contribution in [3.05, 3.63) is 0 Å². The summed E-state index contributed by atoms with van der Waals surface area (Å²) < 4.78 is 5.35. The molecule has 0 radical (unpaired) electrons. The summed E-state index contributed by atoms with van der Waals surface area (Å²) in [5, 5.41) is 3.49. The minimum Gasteiger partial charge on any atom is -0.380 e. The second-order valence-electron chi connectivity index (χ2n) is 5.51. The van der Waals surface area contributed by atoms with Gasteiger partial charge in [-0.1, -0.05) is 26.7 Å². The van der Waals surface area contributed by atoms with E-state index in [4.69, 9.17) is 4.74 Å². The SMILES string of the molecule is CCOCCN(C)CCCCCCNCC(C)C. The van der Waals surface area contributed by atoms with Crippen molar-refractivity contribution in [3.8, 4) is 0 Å². The Balaban J connectivity index is 3.10. The lowest BCUT2D eigenvalue weighted by atomic mass is 10.2. The highest BCUT2D eigenvalue weighted by atomic mass is 16.5. The third kappa shape index (κ3) is 13.9. The van der Waals surface area contributed by atoms with Crippen LogP contribution in [0, 0.1) is 5.92 Å². The average molecular weight is 258 g/mol. The van der Waals surface area contributed by atoms with Crippen LogP contribution < -0.4 is 5.32 Å². The van der Waals surface area contributed by atoms with Crippen molar-refractivity contribution in [2.24, 2.45) is 5.92 Å². The van der Waals surface area contributed by atoms with E-state index >= 15 is 0 Å². The number of ether oxygens (including phenoxy) is 1. The molecule has 0 atom stereocenters. The molecule has 0 bridgehead atoms. The quantitative estimate of drug-likeness (QED) is 0.514. The normalized spacial score (nSPS) is 11.7. The summed E-state index contributed by atoms with van der Waals surface area (Å²) in [7, 11) is 2.18. The van der Waals surface area contributed by atoms with Gasteiger partial charge in [0.25, 0.3) is 0 Å². The third-order valence-corrected chi connectivity index (χ3v) is 3.02. The Morgan fingerprint density at radius 1 is 1.06 bits per heavy atom. The Hall–Kier alpha value is -0.120. The molecule has 0 heterocycles. The Morgan fingerprint density at radius 2 is 1.78 bits per heavy atom. The summed E-state index contributed by atoms with van der Waals surface area (Å²) in [6, 6.07) is 0. The maximum atomic E-state index is 5.35. The fourth-order valence-corrected chi connectivity index (χ4v) is 1.85. The van der Waals surface area contributed by atoms with Crippen molar-refractivity contribution in [2.75, 3.05) is 46.4 Å². The van der Waals surface area contributed by atoms with E-state index in [1.165, 1.54) is 38.8 Å². The first kappa shape index (κ1) is 17.9. The molecule has 0 aromatic rings. The number of likely N-dealkylation sites (N-methyl/N-ethyl adjacent to an activating group) is 1. The molecule has 0 aliphatic heterocycles. The number of rotatable bonds is 13. The number of hydrogen-bond acceptors (Lipinski definition) is 3. The van der Waals surface area contributed by atoms with Gasteiger partial charge in [-0.3, -0.25) is 0 Å². The van der Waals surface area contributed by atoms with Crippen LogP contribution >= 0.6 is 0 Å². The van der Waals surface area contributed by atoms with Gasteiger partial charge in [-0.05, 0) is 52.4 Å². The van der Waals surface area contributed by atoms with Crippen molar-refractivity contribution in [3.63, 3.8) is 0 Å². The van der Waals surface area contributed by atoms with Crippen LogP contribution in [0.25, 0.3) is 0 Å². The molecule has 18 heavy (non-hydrogen) atoms. The van der Waals surface area contributed by atoms with Crippen molar-refractivity contribution in [1.29, 1.82) is 0 Å². The van der Waals surface area contributed by atoms with Gasteiger partial charge in [-0.25, -0.2) is 0 Å². The molecule has 3 nitrogen and oxygen atoms in total. The van der Waals surface area contributed by atoms with Gasteiger partial charge in [0.05, 0.1) is 6.61 Å². The topological polar surface area (TPSA) is 24.5 Å². The van der Waals surface area contributed by atoms with E-state index in [1.54, 1.807) is 0 Å². The lowest BCUT2D eigenvalue weighted by Crippen LogP contribution is -2.24. The van der Waals surface area contributed by atoms with Gasteiger partial charge < -0.3 is 15.0 Å². The molecule has 0 aromatic heterocycles. The highest BCUT2D eigenvalue weighted by Crippen LogP contribution is 2.00. The summed E-state index contributed by atoms with van der Waals surface area (Å²) in [5.41, 5.74) is 0. The summed E-state index contributed by atoms with van der Waals surface area (Å²) in [6.07, 6.45) is 5.33. The standard InChI is InChI=1S/C15H34N2O/c1-5-18-13-12-17(4)11-9-7-6-8-10-16-14-15(2)3/h15-16H,5-14H2,1-4H3. The molecule has 1 N–H and O–H groups in total. The molecule has 3 heteroatoms. The maximum Gasteiger partial charge on any atom is 0.0593 e. The van der Waals surface area contributed by atoms with E-state index in [0.29, 0.717) is 0 Å². The van der Waals surface area contributed by atoms with Crippen LogP contribution in [0.1, 0.15) is 46.5 Å². The smallest absolute Gasteiger partial charge is 0.0593 e. The lowest BCUT2D eigenvalue weighted by molar-refractivity contribution is 0.121. The maximum absolute atomic E-state index is 5.35. The fourth-order valence-electron chi connectivity index (χ4n) is 1.85. The number of nitrogens with one attached hydrogen (secondary N) is 1. The van der Waals surface area contributed by atoms with E-state index in [-0.39, 0.29) is 0 Å². The van der Waals surface area contributed by atoms with Crippen molar-refractivity contribution < 1.29 is 4.74 Å². The van der Waals surface area contributed by atoms with Gasteiger partial charge >= 0.3 is 0 Å². The van der Waals surface area contributed by atoms with Gasteiger partial charge in [-0.2, -0.15) is 0 Å². The zero-order chi connectivity index (χ0) is 13.6. The zero-order valence-corrected chi connectivity index (χ0v) is 13.0. The summed E-state index contributed by atoms with van der Waals surface area (Å²) in [6.45, 7) is 12.8. The van der Waals surface area contributed by atoms with E-state index in [1.807, 2.05) is 6.92 Å². The Labute approximate surface area is 114 Å². The molecule has 0 saturated heterocycles. The van der Waals surface area contributed by atoms with Crippen LogP contribution in [0.4, 0.5) is 0 Å². The Kier molecular flexibility index (Phi) is 13.2. The molecular weight excluding hydrogens is 224 g/mol. The minimum atomic E-state index is 0.768. The van der Waals surface area contributed by atoms with E-state index < -0.39 is 0 Å². The second kappa shape index (κ2) is 13.3. The molecule has 0 amide bonds. The third-order valence-electron chi connectivity index (χ3n) is 3.02. The van der Waals surface area contributed by atoms with Crippen LogP contribution in [0.2, 0.25) is 0 Å². The summed E-state index contributed by atoms with van der Waals surface area (Å²) >= 11 is 0. The Bertz CT molecular complexity index is 163. The predicted molar refractivity (Wildman–Crippen MR) is 80.2 cm³/mol. The molecule has 0 rings (SSSR count). The molecular formula is C15H34N2O. The van der Waals surface area contributed by atoms with Crippen LogP contribution in [0.3, 0.4) is 0 Å². The highest BCUT2D eigenvalue weighted by molar-refractivity contribution is 4.54. The summed E-state index contributed by atoms with van der Waals surface area (Å²) in [5.74, 6) is 0.768. The average Bonchev–Trinajstić information content (AvgIpc) is 2.32. The van der Waals surface area contributed by atoms with Gasteiger partial charge in [0.2, 0.25) is 0 Å². The number of nitrogens with zero attached hydrogens (tertiary/aromatic N) is 1. The number of hydrogen-bond donors (Lipinski definition) is 1. The molecule has 0 aliphatic rings. The fraction of sp³-hybridized carbons (Fsp3) is 1.00. The monoisotopic (exact) mass is 258 g/mol. The largest absolute Gasteiger partial charge is 0.380 e. The van der Waals surface area contributed by atoms with E-state index in [2.05, 4.69) is 31.1 Å². The molecule has 0 aromatic carbocycles. The van der Waals surface area contributed by atoms with Crippen molar-refractivity contribution in [2.45, 2.75) is 46.5 Å². The first-order valence-electron chi connectivity index (χ1n) is 7.63. The van der Waals surface area contributed by atoms with Crippen LogP contribution in [0.5, 0.6) is 0 Å². The van der Waals surface area contributed by atoms with E-state index in [9.17, 15) is 0 Å². The van der Waals surface area contributed by atoms with Crippen LogP contribution in [-0.4, -0.2) is 51.3 Å². The predicted octanol–water partition coefficient (Wildman–Crippen LogP) is 2.76. The Morgan fingerprint density at radius 3 is 2.44 bits per heavy atom. The first-order valence-corrected chi connectivity index (χ1v) is 7.63. The van der Waals surface area contributed by atoms with E-state index in [0.717, 1.165) is 32.2 Å². The molecule has 0 fully saturated rings. The minimum absolute atomic E-state index is 0.768. The molecule has 110 valence electrons. The van der Waals surface area contributed by atoms with Gasteiger partial charge in [-0.15, -0.1) is 0 Å². The highest BCUT2D eigenvalue weighted by Gasteiger charge is 1.98. The molecule has 0 saturated carbocycles. The first-order chi connectivity index (χ1) is 8.66. The van der Waals surface area contributed by atoms with Crippen LogP contribution in [0.15, 0.2) is 0 Å². The molecule has 0 spiro atoms.